The first-order valence-electron chi connectivity index (χ1n) is 8.78. The SMILES string of the molecule is CCCCOc1ccc(C(=O)Nc2ccccc2C(C)CC)cc1. The normalized spacial score (nSPS) is 11.8. The largest absolute Gasteiger partial charge is 0.494 e. The molecular weight excluding hydrogens is 298 g/mol. The second kappa shape index (κ2) is 9.11. The summed E-state index contributed by atoms with van der Waals surface area (Å²) in [5, 5.41) is 3.03. The van der Waals surface area contributed by atoms with E-state index in [1.807, 2.05) is 42.5 Å². The molecule has 1 unspecified atom stereocenters. The van der Waals surface area contributed by atoms with Gasteiger partial charge in [0.15, 0.2) is 0 Å². The molecule has 0 aromatic heterocycles. The van der Waals surface area contributed by atoms with Crippen molar-refractivity contribution in [2.75, 3.05) is 11.9 Å². The maximum Gasteiger partial charge on any atom is 0.255 e. The summed E-state index contributed by atoms with van der Waals surface area (Å²) in [6.45, 7) is 7.17. The Morgan fingerprint density at radius 1 is 1.08 bits per heavy atom. The maximum absolute atomic E-state index is 12.5. The Kier molecular flexibility index (Phi) is 6.86. The number of carbonyl (C=O) groups is 1. The highest BCUT2D eigenvalue weighted by molar-refractivity contribution is 6.04. The summed E-state index contributed by atoms with van der Waals surface area (Å²) < 4.78 is 5.63. The average molecular weight is 325 g/mol. The zero-order valence-corrected chi connectivity index (χ0v) is 14.8. The van der Waals surface area contributed by atoms with E-state index in [4.69, 9.17) is 4.74 Å². The van der Waals surface area contributed by atoms with E-state index in [9.17, 15) is 4.79 Å². The molecule has 2 rings (SSSR count). The summed E-state index contributed by atoms with van der Waals surface area (Å²) in [6.07, 6.45) is 3.18. The molecule has 0 saturated carbocycles. The molecule has 1 amide bonds. The highest BCUT2D eigenvalue weighted by Crippen LogP contribution is 2.27. The zero-order chi connectivity index (χ0) is 17.4. The fourth-order valence-corrected chi connectivity index (χ4v) is 2.49. The van der Waals surface area contributed by atoms with Crippen LogP contribution < -0.4 is 10.1 Å². The first kappa shape index (κ1) is 18.1. The minimum absolute atomic E-state index is 0.0918. The fraction of sp³-hybridized carbons (Fsp3) is 0.381. The standard InChI is InChI=1S/C21H27NO2/c1-4-6-15-24-18-13-11-17(12-14-18)21(23)22-20-10-8-7-9-19(20)16(3)5-2/h7-14,16H,4-6,15H2,1-3H3,(H,22,23). The molecule has 0 radical (unpaired) electrons. The Balaban J connectivity index is 2.05. The van der Waals surface area contributed by atoms with E-state index in [0.717, 1.165) is 30.7 Å². The van der Waals surface area contributed by atoms with Crippen molar-refractivity contribution in [3.8, 4) is 5.75 Å². The number of unbranched alkanes of at least 4 members (excludes halogenated alkanes) is 1. The topological polar surface area (TPSA) is 38.3 Å². The lowest BCUT2D eigenvalue weighted by Gasteiger charge is -2.15. The van der Waals surface area contributed by atoms with Crippen LogP contribution in [-0.2, 0) is 0 Å². The van der Waals surface area contributed by atoms with Crippen molar-refractivity contribution in [2.24, 2.45) is 0 Å². The summed E-state index contributed by atoms with van der Waals surface area (Å²) >= 11 is 0. The number of anilines is 1. The second-order valence-corrected chi connectivity index (χ2v) is 6.08. The average Bonchev–Trinajstić information content (AvgIpc) is 2.62. The monoisotopic (exact) mass is 325 g/mol. The number of amides is 1. The third-order valence-electron chi connectivity index (χ3n) is 4.24. The number of benzene rings is 2. The summed E-state index contributed by atoms with van der Waals surface area (Å²) in [5.74, 6) is 1.13. The van der Waals surface area contributed by atoms with Gasteiger partial charge in [-0.25, -0.2) is 0 Å². The van der Waals surface area contributed by atoms with E-state index in [-0.39, 0.29) is 5.91 Å². The molecule has 0 aliphatic rings. The van der Waals surface area contributed by atoms with E-state index < -0.39 is 0 Å². The number of nitrogens with one attached hydrogen (secondary N) is 1. The maximum atomic E-state index is 12.5. The molecule has 0 spiro atoms. The van der Waals surface area contributed by atoms with Crippen LogP contribution in [0.2, 0.25) is 0 Å². The van der Waals surface area contributed by atoms with Gasteiger partial charge < -0.3 is 10.1 Å². The van der Waals surface area contributed by atoms with Gasteiger partial charge in [-0.1, -0.05) is 45.4 Å². The molecule has 0 aliphatic carbocycles. The van der Waals surface area contributed by atoms with Crippen LogP contribution in [0.3, 0.4) is 0 Å². The molecule has 0 fully saturated rings. The quantitative estimate of drug-likeness (QED) is 0.639. The van der Waals surface area contributed by atoms with Crippen molar-refractivity contribution in [3.63, 3.8) is 0 Å². The molecule has 2 aromatic rings. The lowest BCUT2D eigenvalue weighted by atomic mass is 9.97. The van der Waals surface area contributed by atoms with Gasteiger partial charge in [-0.15, -0.1) is 0 Å². The van der Waals surface area contributed by atoms with Crippen molar-refractivity contribution in [1.82, 2.24) is 0 Å². The van der Waals surface area contributed by atoms with Gasteiger partial charge in [-0.2, -0.15) is 0 Å². The van der Waals surface area contributed by atoms with Crippen LogP contribution in [0.4, 0.5) is 5.69 Å². The Bertz CT molecular complexity index is 649. The molecular formula is C21H27NO2. The summed E-state index contributed by atoms with van der Waals surface area (Å²) in [5.41, 5.74) is 2.70. The number of hydrogen-bond donors (Lipinski definition) is 1. The van der Waals surface area contributed by atoms with Gasteiger partial charge in [0.2, 0.25) is 0 Å². The molecule has 24 heavy (non-hydrogen) atoms. The predicted octanol–water partition coefficient (Wildman–Crippen LogP) is 5.63. The number of carbonyl (C=O) groups excluding carboxylic acids is 1. The predicted molar refractivity (Wildman–Crippen MR) is 99.9 cm³/mol. The first-order valence-corrected chi connectivity index (χ1v) is 8.78. The third kappa shape index (κ3) is 4.85. The Labute approximate surface area is 145 Å². The van der Waals surface area contributed by atoms with Crippen LogP contribution in [0.1, 0.15) is 61.9 Å². The molecule has 0 aliphatic heterocycles. The summed E-state index contributed by atoms with van der Waals surface area (Å²) in [6, 6.07) is 15.3. The lowest BCUT2D eigenvalue weighted by Crippen LogP contribution is -2.13. The van der Waals surface area contributed by atoms with E-state index >= 15 is 0 Å². The number of ether oxygens (including phenoxy) is 1. The summed E-state index contributed by atoms with van der Waals surface area (Å²) in [4.78, 5) is 12.5. The molecule has 3 nitrogen and oxygen atoms in total. The van der Waals surface area contributed by atoms with Gasteiger partial charge in [0, 0.05) is 11.3 Å². The second-order valence-electron chi connectivity index (χ2n) is 6.08. The zero-order valence-electron chi connectivity index (χ0n) is 14.8. The fourth-order valence-electron chi connectivity index (χ4n) is 2.49. The molecule has 0 heterocycles. The molecule has 0 saturated heterocycles. The van der Waals surface area contributed by atoms with Crippen LogP contribution in [0.5, 0.6) is 5.75 Å². The highest BCUT2D eigenvalue weighted by Gasteiger charge is 2.12. The minimum atomic E-state index is -0.0918. The third-order valence-corrected chi connectivity index (χ3v) is 4.24. The van der Waals surface area contributed by atoms with Crippen molar-refractivity contribution in [2.45, 2.75) is 46.0 Å². The smallest absolute Gasteiger partial charge is 0.255 e. The van der Waals surface area contributed by atoms with Gasteiger partial charge >= 0.3 is 0 Å². The van der Waals surface area contributed by atoms with Gasteiger partial charge in [0.1, 0.15) is 5.75 Å². The van der Waals surface area contributed by atoms with Gasteiger partial charge in [0.05, 0.1) is 6.61 Å². The van der Waals surface area contributed by atoms with Crippen molar-refractivity contribution < 1.29 is 9.53 Å². The van der Waals surface area contributed by atoms with Crippen molar-refractivity contribution in [1.29, 1.82) is 0 Å². The van der Waals surface area contributed by atoms with Crippen molar-refractivity contribution in [3.05, 3.63) is 59.7 Å². The van der Waals surface area contributed by atoms with Crippen LogP contribution in [-0.4, -0.2) is 12.5 Å². The van der Waals surface area contributed by atoms with Crippen LogP contribution >= 0.6 is 0 Å². The molecule has 2 aromatic carbocycles. The molecule has 1 N–H and O–H groups in total. The van der Waals surface area contributed by atoms with Gasteiger partial charge in [0.25, 0.3) is 5.91 Å². The van der Waals surface area contributed by atoms with Crippen LogP contribution in [0, 0.1) is 0 Å². The minimum Gasteiger partial charge on any atom is -0.494 e. The van der Waals surface area contributed by atoms with E-state index in [1.165, 1.54) is 5.56 Å². The van der Waals surface area contributed by atoms with Crippen molar-refractivity contribution >= 4 is 11.6 Å². The van der Waals surface area contributed by atoms with E-state index in [1.54, 1.807) is 0 Å². The van der Waals surface area contributed by atoms with Crippen LogP contribution in [0.25, 0.3) is 0 Å². The number of para-hydroxylation sites is 1. The van der Waals surface area contributed by atoms with Gasteiger partial charge in [-0.3, -0.25) is 4.79 Å². The Hall–Kier alpha value is -2.29. The molecule has 3 heteroatoms. The van der Waals surface area contributed by atoms with E-state index in [2.05, 4.69) is 32.2 Å². The number of rotatable bonds is 8. The highest BCUT2D eigenvalue weighted by atomic mass is 16.5. The summed E-state index contributed by atoms with van der Waals surface area (Å²) in [7, 11) is 0. The molecule has 128 valence electrons. The Morgan fingerprint density at radius 3 is 2.46 bits per heavy atom. The number of hydrogen-bond acceptors (Lipinski definition) is 2. The molecule has 1 atom stereocenters. The first-order chi connectivity index (χ1) is 11.7. The Morgan fingerprint density at radius 2 is 1.79 bits per heavy atom. The molecule has 0 bridgehead atoms. The van der Waals surface area contributed by atoms with Gasteiger partial charge in [-0.05, 0) is 54.7 Å². The van der Waals surface area contributed by atoms with Crippen LogP contribution in [0.15, 0.2) is 48.5 Å². The lowest BCUT2D eigenvalue weighted by molar-refractivity contribution is 0.102. The van der Waals surface area contributed by atoms with E-state index in [0.29, 0.717) is 18.1 Å².